The standard InChI is InChI=1S/C24H23FN4O2/c1-2-20(17-7-4-3-5-8-17)27-22(31)18-11-16(12-19(25)13-18)15-29-21(30)14-24(9-6-10-24)28-23(29)26/h1,3-5,7-8,11-13,20H,6,9-10,14-15H2,(H2,26,28)(H,27,31)/t20-/m0/s1. The molecule has 2 amide bonds. The van der Waals surface area contributed by atoms with Crippen molar-refractivity contribution in [3.8, 4) is 12.3 Å². The Labute approximate surface area is 180 Å². The summed E-state index contributed by atoms with van der Waals surface area (Å²) in [4.78, 5) is 31.2. The number of halogens is 1. The van der Waals surface area contributed by atoms with Crippen molar-refractivity contribution in [2.24, 2.45) is 10.7 Å². The number of nitrogens with two attached hydrogens (primary N) is 1. The van der Waals surface area contributed by atoms with Crippen molar-refractivity contribution in [1.29, 1.82) is 0 Å². The Bertz CT molecular complexity index is 1090. The third-order valence-corrected chi connectivity index (χ3v) is 5.83. The van der Waals surface area contributed by atoms with Crippen molar-refractivity contribution < 1.29 is 14.0 Å². The zero-order valence-electron chi connectivity index (χ0n) is 17.0. The molecule has 2 aromatic carbocycles. The highest BCUT2D eigenvalue weighted by molar-refractivity contribution is 5.99. The van der Waals surface area contributed by atoms with Crippen LogP contribution in [0, 0.1) is 18.2 Å². The lowest BCUT2D eigenvalue weighted by Gasteiger charge is -2.43. The molecule has 0 unspecified atom stereocenters. The average Bonchev–Trinajstić information content (AvgIpc) is 2.73. The van der Waals surface area contributed by atoms with E-state index in [1.54, 1.807) is 12.1 Å². The van der Waals surface area contributed by atoms with Crippen molar-refractivity contribution in [3.63, 3.8) is 0 Å². The molecule has 1 aliphatic carbocycles. The molecule has 1 spiro atoms. The Balaban J connectivity index is 1.52. The number of hydrogen-bond donors (Lipinski definition) is 2. The summed E-state index contributed by atoms with van der Waals surface area (Å²) in [6, 6.07) is 12.4. The summed E-state index contributed by atoms with van der Waals surface area (Å²) in [7, 11) is 0. The number of rotatable bonds is 5. The number of nitrogens with zero attached hydrogens (tertiary/aromatic N) is 2. The molecule has 0 radical (unpaired) electrons. The maximum atomic E-state index is 14.3. The SMILES string of the molecule is C#C[C@H](NC(=O)c1cc(F)cc(CN2C(=O)CC3(CCC3)N=C2N)c1)c1ccccc1. The molecule has 0 bridgehead atoms. The molecule has 1 saturated carbocycles. The van der Waals surface area contributed by atoms with E-state index in [4.69, 9.17) is 12.2 Å². The van der Waals surface area contributed by atoms with Gasteiger partial charge in [-0.05, 0) is 48.6 Å². The number of carbonyl (C=O) groups excluding carboxylic acids is 2. The first kappa shape index (κ1) is 20.6. The molecule has 3 N–H and O–H groups in total. The van der Waals surface area contributed by atoms with Gasteiger partial charge in [-0.2, -0.15) is 0 Å². The van der Waals surface area contributed by atoms with E-state index in [2.05, 4.69) is 16.2 Å². The molecule has 7 heteroatoms. The van der Waals surface area contributed by atoms with E-state index in [1.165, 1.54) is 17.0 Å². The lowest BCUT2D eigenvalue weighted by Crippen LogP contribution is -2.53. The van der Waals surface area contributed by atoms with Crippen LogP contribution in [-0.2, 0) is 11.3 Å². The molecule has 1 heterocycles. The summed E-state index contributed by atoms with van der Waals surface area (Å²) in [5.74, 6) is 1.44. The van der Waals surface area contributed by atoms with Crippen molar-refractivity contribution in [2.75, 3.05) is 0 Å². The topological polar surface area (TPSA) is 87.8 Å². The highest BCUT2D eigenvalue weighted by Crippen LogP contribution is 2.41. The highest BCUT2D eigenvalue weighted by atomic mass is 19.1. The molecular formula is C24H23FN4O2. The summed E-state index contributed by atoms with van der Waals surface area (Å²) < 4.78 is 14.3. The molecular weight excluding hydrogens is 395 g/mol. The van der Waals surface area contributed by atoms with E-state index in [0.29, 0.717) is 12.0 Å². The van der Waals surface area contributed by atoms with Crippen molar-refractivity contribution in [3.05, 3.63) is 71.0 Å². The van der Waals surface area contributed by atoms with Crippen LogP contribution in [0.1, 0.15) is 53.2 Å². The van der Waals surface area contributed by atoms with Crippen LogP contribution in [0.15, 0.2) is 53.5 Å². The van der Waals surface area contributed by atoms with Crippen LogP contribution in [0.25, 0.3) is 0 Å². The van der Waals surface area contributed by atoms with Gasteiger partial charge in [0, 0.05) is 5.56 Å². The quantitative estimate of drug-likeness (QED) is 0.732. The third-order valence-electron chi connectivity index (χ3n) is 5.83. The summed E-state index contributed by atoms with van der Waals surface area (Å²) in [5.41, 5.74) is 7.00. The Morgan fingerprint density at radius 2 is 2.03 bits per heavy atom. The van der Waals surface area contributed by atoms with Crippen LogP contribution in [0.2, 0.25) is 0 Å². The molecule has 2 aliphatic rings. The number of benzene rings is 2. The van der Waals surface area contributed by atoms with E-state index in [1.807, 2.05) is 18.2 Å². The first-order chi connectivity index (χ1) is 14.9. The first-order valence-electron chi connectivity index (χ1n) is 10.2. The zero-order valence-corrected chi connectivity index (χ0v) is 17.0. The molecule has 1 atom stereocenters. The molecule has 0 aromatic heterocycles. The third kappa shape index (κ3) is 4.29. The van der Waals surface area contributed by atoms with Crippen LogP contribution < -0.4 is 11.1 Å². The van der Waals surface area contributed by atoms with Gasteiger partial charge < -0.3 is 11.1 Å². The monoisotopic (exact) mass is 418 g/mol. The fourth-order valence-corrected chi connectivity index (χ4v) is 4.03. The molecule has 1 fully saturated rings. The minimum Gasteiger partial charge on any atom is -0.369 e. The van der Waals surface area contributed by atoms with Gasteiger partial charge in [-0.1, -0.05) is 36.3 Å². The number of carbonyl (C=O) groups is 2. The van der Waals surface area contributed by atoms with Crippen LogP contribution in [-0.4, -0.2) is 28.2 Å². The van der Waals surface area contributed by atoms with Gasteiger partial charge in [0.25, 0.3) is 5.91 Å². The second kappa shape index (κ2) is 8.23. The fraction of sp³-hybridized carbons (Fsp3) is 0.292. The predicted octanol–water partition coefficient (Wildman–Crippen LogP) is 2.90. The van der Waals surface area contributed by atoms with Crippen LogP contribution in [0.4, 0.5) is 4.39 Å². The summed E-state index contributed by atoms with van der Waals surface area (Å²) in [6.07, 6.45) is 8.62. The summed E-state index contributed by atoms with van der Waals surface area (Å²) >= 11 is 0. The second-order valence-electron chi connectivity index (χ2n) is 8.04. The Hall–Kier alpha value is -3.66. The minimum atomic E-state index is -0.648. The van der Waals surface area contributed by atoms with E-state index in [0.717, 1.165) is 30.9 Å². The first-order valence-corrected chi connectivity index (χ1v) is 10.2. The maximum absolute atomic E-state index is 14.3. The summed E-state index contributed by atoms with van der Waals surface area (Å²) in [6.45, 7) is 0.0412. The Morgan fingerprint density at radius 1 is 1.29 bits per heavy atom. The molecule has 6 nitrogen and oxygen atoms in total. The van der Waals surface area contributed by atoms with Crippen molar-refractivity contribution >= 4 is 17.8 Å². The largest absolute Gasteiger partial charge is 0.369 e. The Kier molecular flexibility index (Phi) is 5.47. The Morgan fingerprint density at radius 3 is 2.65 bits per heavy atom. The number of terminal acetylenes is 1. The van der Waals surface area contributed by atoms with Gasteiger partial charge in [-0.15, -0.1) is 6.42 Å². The van der Waals surface area contributed by atoms with Crippen LogP contribution in [0.3, 0.4) is 0 Å². The predicted molar refractivity (Wildman–Crippen MR) is 115 cm³/mol. The lowest BCUT2D eigenvalue weighted by molar-refractivity contribution is -0.131. The normalized spacial score (nSPS) is 18.0. The fourth-order valence-electron chi connectivity index (χ4n) is 4.03. The van der Waals surface area contributed by atoms with Crippen molar-refractivity contribution in [2.45, 2.75) is 43.8 Å². The van der Waals surface area contributed by atoms with Gasteiger partial charge in [0.15, 0.2) is 5.96 Å². The molecule has 0 saturated heterocycles. The molecule has 1 aliphatic heterocycles. The van der Waals surface area contributed by atoms with E-state index < -0.39 is 17.8 Å². The zero-order chi connectivity index (χ0) is 22.0. The molecule has 158 valence electrons. The minimum absolute atomic E-state index is 0.0412. The van der Waals surface area contributed by atoms with Crippen LogP contribution >= 0.6 is 0 Å². The summed E-state index contributed by atoms with van der Waals surface area (Å²) in [5, 5.41) is 2.73. The van der Waals surface area contributed by atoms with Gasteiger partial charge in [0.1, 0.15) is 11.9 Å². The molecule has 31 heavy (non-hydrogen) atoms. The van der Waals surface area contributed by atoms with E-state index >= 15 is 0 Å². The van der Waals surface area contributed by atoms with Gasteiger partial charge in [0.2, 0.25) is 5.91 Å². The lowest BCUT2D eigenvalue weighted by atomic mass is 9.74. The van der Waals surface area contributed by atoms with Gasteiger partial charge in [0.05, 0.1) is 18.5 Å². The molecule has 4 rings (SSSR count). The number of hydrogen-bond acceptors (Lipinski definition) is 4. The van der Waals surface area contributed by atoms with E-state index in [-0.39, 0.29) is 29.5 Å². The van der Waals surface area contributed by atoms with Gasteiger partial charge >= 0.3 is 0 Å². The second-order valence-corrected chi connectivity index (χ2v) is 8.04. The molecule has 2 aromatic rings. The average molecular weight is 418 g/mol. The maximum Gasteiger partial charge on any atom is 0.252 e. The number of aliphatic imine (C=N–C) groups is 1. The number of amides is 2. The van der Waals surface area contributed by atoms with E-state index in [9.17, 15) is 14.0 Å². The van der Waals surface area contributed by atoms with Gasteiger partial charge in [-0.25, -0.2) is 9.38 Å². The van der Waals surface area contributed by atoms with Gasteiger partial charge in [-0.3, -0.25) is 14.5 Å². The van der Waals surface area contributed by atoms with Crippen molar-refractivity contribution in [1.82, 2.24) is 10.2 Å². The van der Waals surface area contributed by atoms with Crippen LogP contribution in [0.5, 0.6) is 0 Å². The number of guanidine groups is 1. The smallest absolute Gasteiger partial charge is 0.252 e. The number of nitrogens with one attached hydrogen (secondary N) is 1. The highest BCUT2D eigenvalue weighted by Gasteiger charge is 2.44.